The molecule has 0 saturated heterocycles. The van der Waals surface area contributed by atoms with Gasteiger partial charge in [0.05, 0.1) is 18.0 Å². The minimum Gasteiger partial charge on any atom is -0.393 e. The van der Waals surface area contributed by atoms with Gasteiger partial charge in [-0.25, -0.2) is 4.68 Å². The minimum absolute atomic E-state index is 0.0788. The molecule has 1 aromatic rings. The summed E-state index contributed by atoms with van der Waals surface area (Å²) in [6, 6.07) is 0.165. The second kappa shape index (κ2) is 5.92. The Bertz CT molecular complexity index is 398. The summed E-state index contributed by atoms with van der Waals surface area (Å²) in [5.74, 6) is -0.0788. The van der Waals surface area contributed by atoms with Crippen molar-refractivity contribution >= 4 is 5.91 Å². The van der Waals surface area contributed by atoms with Crippen molar-refractivity contribution in [1.82, 2.24) is 20.3 Å². The van der Waals surface area contributed by atoms with E-state index in [-0.39, 0.29) is 24.6 Å². The zero-order valence-corrected chi connectivity index (χ0v) is 10.2. The fraction of sp³-hybridized carbons (Fsp3) is 0.727. The van der Waals surface area contributed by atoms with Crippen molar-refractivity contribution in [3.05, 3.63) is 11.9 Å². The van der Waals surface area contributed by atoms with Crippen LogP contribution in [0.5, 0.6) is 0 Å². The van der Waals surface area contributed by atoms with Gasteiger partial charge in [-0.15, -0.1) is 5.10 Å². The van der Waals surface area contributed by atoms with Gasteiger partial charge in [-0.3, -0.25) is 4.79 Å². The van der Waals surface area contributed by atoms with Crippen LogP contribution in [-0.2, 0) is 17.9 Å². The second-order valence-corrected chi connectivity index (χ2v) is 4.68. The molecule has 1 fully saturated rings. The number of rotatable bonds is 4. The van der Waals surface area contributed by atoms with Crippen molar-refractivity contribution in [1.29, 1.82) is 0 Å². The Morgan fingerprint density at radius 2 is 2.22 bits per heavy atom. The van der Waals surface area contributed by atoms with E-state index >= 15 is 0 Å². The maximum Gasteiger partial charge on any atom is 0.242 e. The standard InChI is InChI=1S/C11H19N5O2/c12-5-9-6-16(15-14-9)7-11(18)13-8-1-3-10(17)4-2-8/h6,8,10,17H,1-5,7,12H2,(H,13,18). The third kappa shape index (κ3) is 3.51. The van der Waals surface area contributed by atoms with Gasteiger partial charge >= 0.3 is 0 Å². The lowest BCUT2D eigenvalue weighted by atomic mass is 9.93. The maximum absolute atomic E-state index is 11.8. The summed E-state index contributed by atoms with van der Waals surface area (Å²) >= 11 is 0. The predicted molar refractivity (Wildman–Crippen MR) is 64.3 cm³/mol. The molecule has 0 aromatic carbocycles. The quantitative estimate of drug-likeness (QED) is 0.648. The summed E-state index contributed by atoms with van der Waals surface area (Å²) in [5, 5.41) is 20.0. The highest BCUT2D eigenvalue weighted by Crippen LogP contribution is 2.18. The average molecular weight is 253 g/mol. The van der Waals surface area contributed by atoms with E-state index in [1.807, 2.05) is 0 Å². The van der Waals surface area contributed by atoms with E-state index in [4.69, 9.17) is 5.73 Å². The fourth-order valence-electron chi connectivity index (χ4n) is 2.15. The van der Waals surface area contributed by atoms with E-state index < -0.39 is 0 Å². The number of hydrogen-bond donors (Lipinski definition) is 3. The van der Waals surface area contributed by atoms with E-state index in [9.17, 15) is 9.90 Å². The molecule has 100 valence electrons. The highest BCUT2D eigenvalue weighted by atomic mass is 16.3. The molecule has 0 radical (unpaired) electrons. The molecule has 2 rings (SSSR count). The number of aliphatic hydroxyl groups is 1. The van der Waals surface area contributed by atoms with E-state index in [1.54, 1.807) is 6.20 Å². The molecule has 18 heavy (non-hydrogen) atoms. The van der Waals surface area contributed by atoms with Gasteiger partial charge in [-0.2, -0.15) is 0 Å². The molecule has 1 heterocycles. The summed E-state index contributed by atoms with van der Waals surface area (Å²) < 4.78 is 1.48. The third-order valence-corrected chi connectivity index (χ3v) is 3.16. The largest absolute Gasteiger partial charge is 0.393 e. The fourth-order valence-corrected chi connectivity index (χ4v) is 2.15. The molecule has 7 heteroatoms. The number of carbonyl (C=O) groups is 1. The molecule has 0 spiro atoms. The van der Waals surface area contributed by atoms with Crippen LogP contribution in [0, 0.1) is 0 Å². The van der Waals surface area contributed by atoms with Crippen LogP contribution in [0.2, 0.25) is 0 Å². The van der Waals surface area contributed by atoms with Gasteiger partial charge in [0.15, 0.2) is 0 Å². The first-order chi connectivity index (χ1) is 8.67. The highest BCUT2D eigenvalue weighted by molar-refractivity contribution is 5.75. The number of nitrogens with two attached hydrogens (primary N) is 1. The Balaban J connectivity index is 1.78. The van der Waals surface area contributed by atoms with E-state index in [2.05, 4.69) is 15.6 Å². The van der Waals surface area contributed by atoms with Gasteiger partial charge in [0.25, 0.3) is 0 Å². The predicted octanol–water partition coefficient (Wildman–Crippen LogP) is -0.843. The molecule has 1 aliphatic carbocycles. The number of nitrogens with zero attached hydrogens (tertiary/aromatic N) is 3. The number of carbonyl (C=O) groups excluding carboxylic acids is 1. The second-order valence-electron chi connectivity index (χ2n) is 4.68. The summed E-state index contributed by atoms with van der Waals surface area (Å²) in [5.41, 5.74) is 6.09. The molecule has 7 nitrogen and oxygen atoms in total. The van der Waals surface area contributed by atoms with Gasteiger partial charge in [-0.05, 0) is 25.7 Å². The van der Waals surface area contributed by atoms with E-state index in [0.29, 0.717) is 12.2 Å². The third-order valence-electron chi connectivity index (χ3n) is 3.16. The Labute approximate surface area is 105 Å². The Morgan fingerprint density at radius 1 is 1.50 bits per heavy atom. The molecule has 0 aliphatic heterocycles. The summed E-state index contributed by atoms with van der Waals surface area (Å²) in [6.45, 7) is 0.480. The van der Waals surface area contributed by atoms with Crippen molar-refractivity contribution in [2.75, 3.05) is 0 Å². The van der Waals surface area contributed by atoms with Crippen LogP contribution in [0.1, 0.15) is 31.4 Å². The molecule has 4 N–H and O–H groups in total. The smallest absolute Gasteiger partial charge is 0.242 e. The first-order valence-corrected chi connectivity index (χ1v) is 6.24. The Kier molecular flexibility index (Phi) is 4.27. The van der Waals surface area contributed by atoms with Crippen LogP contribution in [0.4, 0.5) is 0 Å². The normalized spacial score (nSPS) is 23.9. The van der Waals surface area contributed by atoms with Crippen LogP contribution in [0.25, 0.3) is 0 Å². The van der Waals surface area contributed by atoms with Gasteiger partial charge in [0.2, 0.25) is 5.91 Å². The number of nitrogens with one attached hydrogen (secondary N) is 1. The van der Waals surface area contributed by atoms with Crippen LogP contribution < -0.4 is 11.1 Å². The van der Waals surface area contributed by atoms with Crippen molar-refractivity contribution in [3.8, 4) is 0 Å². The average Bonchev–Trinajstić information content (AvgIpc) is 2.79. The lowest BCUT2D eigenvalue weighted by molar-refractivity contribution is -0.123. The number of amides is 1. The molecular weight excluding hydrogens is 234 g/mol. The maximum atomic E-state index is 11.8. The Morgan fingerprint density at radius 3 is 2.83 bits per heavy atom. The van der Waals surface area contributed by atoms with Crippen LogP contribution in [0.3, 0.4) is 0 Å². The van der Waals surface area contributed by atoms with Crippen molar-refractivity contribution < 1.29 is 9.90 Å². The lowest BCUT2D eigenvalue weighted by Gasteiger charge is -2.26. The van der Waals surface area contributed by atoms with Crippen LogP contribution in [0.15, 0.2) is 6.20 Å². The minimum atomic E-state index is -0.208. The lowest BCUT2D eigenvalue weighted by Crippen LogP contribution is -2.40. The number of hydrogen-bond acceptors (Lipinski definition) is 5. The van der Waals surface area contributed by atoms with Crippen molar-refractivity contribution in [3.63, 3.8) is 0 Å². The molecule has 0 bridgehead atoms. The molecule has 0 atom stereocenters. The molecule has 1 amide bonds. The first-order valence-electron chi connectivity index (χ1n) is 6.24. The van der Waals surface area contributed by atoms with Gasteiger partial charge in [0, 0.05) is 12.6 Å². The van der Waals surface area contributed by atoms with Crippen molar-refractivity contribution in [2.45, 2.75) is 50.9 Å². The van der Waals surface area contributed by atoms with E-state index in [0.717, 1.165) is 25.7 Å². The van der Waals surface area contributed by atoms with Gasteiger partial charge in [-0.1, -0.05) is 5.21 Å². The zero-order valence-electron chi connectivity index (χ0n) is 10.2. The molecule has 1 aliphatic rings. The zero-order chi connectivity index (χ0) is 13.0. The summed E-state index contributed by atoms with van der Waals surface area (Å²) in [4.78, 5) is 11.8. The highest BCUT2D eigenvalue weighted by Gasteiger charge is 2.20. The molecule has 1 saturated carbocycles. The Hall–Kier alpha value is -1.47. The number of aromatic nitrogens is 3. The van der Waals surface area contributed by atoms with Gasteiger partial charge in [0.1, 0.15) is 6.54 Å². The number of aliphatic hydroxyl groups excluding tert-OH is 1. The molecule has 1 aromatic heterocycles. The first kappa shape index (κ1) is 13.0. The van der Waals surface area contributed by atoms with E-state index in [1.165, 1.54) is 4.68 Å². The molecular formula is C11H19N5O2. The van der Waals surface area contributed by atoms with Crippen molar-refractivity contribution in [2.24, 2.45) is 5.73 Å². The topological polar surface area (TPSA) is 106 Å². The van der Waals surface area contributed by atoms with Crippen LogP contribution >= 0.6 is 0 Å². The summed E-state index contributed by atoms with van der Waals surface area (Å²) in [6.07, 6.45) is 4.64. The summed E-state index contributed by atoms with van der Waals surface area (Å²) in [7, 11) is 0. The molecule has 0 unspecified atom stereocenters. The SMILES string of the molecule is NCc1cn(CC(=O)NC2CCC(O)CC2)nn1. The van der Waals surface area contributed by atoms with Gasteiger partial charge < -0.3 is 16.2 Å². The van der Waals surface area contributed by atoms with Crippen LogP contribution in [-0.4, -0.2) is 38.2 Å². The monoisotopic (exact) mass is 253 g/mol.